The van der Waals surface area contributed by atoms with Crippen LogP contribution in [0.3, 0.4) is 0 Å². The van der Waals surface area contributed by atoms with Gasteiger partial charge in [0.25, 0.3) is 0 Å². The Balaban J connectivity index is 1.94. The minimum Gasteiger partial charge on any atom is -0.497 e. The first kappa shape index (κ1) is 13.7. The Kier molecular flexibility index (Phi) is 4.13. The van der Waals surface area contributed by atoms with Crippen molar-refractivity contribution in [3.05, 3.63) is 24.0 Å². The number of nitrogens with zero attached hydrogens (tertiary/aromatic N) is 2. The van der Waals surface area contributed by atoms with E-state index in [1.165, 1.54) is 12.8 Å². The van der Waals surface area contributed by atoms with E-state index in [2.05, 4.69) is 9.55 Å². The van der Waals surface area contributed by atoms with Gasteiger partial charge in [-0.05, 0) is 31.4 Å². The summed E-state index contributed by atoms with van der Waals surface area (Å²) in [5.74, 6) is 2.12. The predicted molar refractivity (Wildman–Crippen MR) is 79.4 cm³/mol. The largest absolute Gasteiger partial charge is 0.497 e. The molecule has 5 heteroatoms. The zero-order valence-corrected chi connectivity index (χ0v) is 12.4. The normalized spacial score (nSPS) is 19.4. The van der Waals surface area contributed by atoms with E-state index in [0.717, 1.165) is 42.2 Å². The number of hydrogen-bond donors (Lipinski definition) is 0. The second-order valence-electron chi connectivity index (χ2n) is 5.12. The van der Waals surface area contributed by atoms with Gasteiger partial charge in [0, 0.05) is 12.7 Å². The van der Waals surface area contributed by atoms with E-state index >= 15 is 0 Å². The van der Waals surface area contributed by atoms with Crippen molar-refractivity contribution < 1.29 is 9.47 Å². The number of halogens is 1. The summed E-state index contributed by atoms with van der Waals surface area (Å²) in [7, 11) is 1.66. The van der Waals surface area contributed by atoms with E-state index in [0.29, 0.717) is 5.88 Å². The molecule has 0 saturated carbocycles. The fraction of sp³-hybridized carbons (Fsp3) is 0.533. The molecule has 0 N–H and O–H groups in total. The van der Waals surface area contributed by atoms with Crippen molar-refractivity contribution in [1.82, 2.24) is 9.55 Å². The molecule has 0 radical (unpaired) electrons. The van der Waals surface area contributed by atoms with Gasteiger partial charge in [0.2, 0.25) is 0 Å². The van der Waals surface area contributed by atoms with Crippen LogP contribution < -0.4 is 4.74 Å². The molecule has 1 aromatic carbocycles. The average molecular weight is 295 g/mol. The lowest BCUT2D eigenvalue weighted by atomic mass is 10.1. The lowest BCUT2D eigenvalue weighted by Crippen LogP contribution is -2.25. The number of benzene rings is 1. The third-order valence-corrected chi connectivity index (χ3v) is 4.05. The van der Waals surface area contributed by atoms with Gasteiger partial charge >= 0.3 is 0 Å². The fourth-order valence-corrected chi connectivity index (χ4v) is 2.95. The van der Waals surface area contributed by atoms with Crippen molar-refractivity contribution in [1.29, 1.82) is 0 Å². The maximum atomic E-state index is 6.04. The Labute approximate surface area is 123 Å². The van der Waals surface area contributed by atoms with Crippen molar-refractivity contribution in [2.24, 2.45) is 0 Å². The van der Waals surface area contributed by atoms with Crippen LogP contribution in [-0.4, -0.2) is 29.4 Å². The van der Waals surface area contributed by atoms with Crippen LogP contribution in [0.25, 0.3) is 11.0 Å². The summed E-state index contributed by atoms with van der Waals surface area (Å²) in [4.78, 5) is 4.60. The molecule has 1 aliphatic heterocycles. The summed E-state index contributed by atoms with van der Waals surface area (Å²) in [6, 6.07) is 5.95. The monoisotopic (exact) mass is 294 g/mol. The molecule has 1 saturated heterocycles. The topological polar surface area (TPSA) is 36.3 Å². The van der Waals surface area contributed by atoms with Crippen LogP contribution in [0.1, 0.15) is 25.1 Å². The van der Waals surface area contributed by atoms with Crippen LogP contribution in [0, 0.1) is 0 Å². The maximum Gasteiger partial charge on any atom is 0.124 e. The number of imidazole rings is 1. The number of rotatable bonds is 4. The number of alkyl halides is 1. The van der Waals surface area contributed by atoms with E-state index in [1.807, 2.05) is 18.2 Å². The Morgan fingerprint density at radius 1 is 1.45 bits per heavy atom. The number of fused-ring (bicyclic) bond motifs is 1. The molecule has 0 amide bonds. The summed E-state index contributed by atoms with van der Waals surface area (Å²) >= 11 is 6.04. The van der Waals surface area contributed by atoms with E-state index in [4.69, 9.17) is 21.1 Å². The molecule has 0 aliphatic carbocycles. The molecule has 1 aliphatic rings. The van der Waals surface area contributed by atoms with Crippen LogP contribution in [0.2, 0.25) is 0 Å². The quantitative estimate of drug-likeness (QED) is 0.811. The number of methoxy groups -OCH3 is 1. The lowest BCUT2D eigenvalue weighted by Gasteiger charge is -2.23. The fourth-order valence-electron chi connectivity index (χ4n) is 2.75. The minimum absolute atomic E-state index is 0.269. The lowest BCUT2D eigenvalue weighted by molar-refractivity contribution is 0.00627. The first-order valence-electron chi connectivity index (χ1n) is 7.02. The zero-order chi connectivity index (χ0) is 13.9. The van der Waals surface area contributed by atoms with Crippen molar-refractivity contribution in [3.8, 4) is 5.75 Å². The smallest absolute Gasteiger partial charge is 0.124 e. The second-order valence-corrected chi connectivity index (χ2v) is 5.38. The highest BCUT2D eigenvalue weighted by molar-refractivity contribution is 6.16. The molecule has 0 spiro atoms. The molecule has 2 aromatic rings. The van der Waals surface area contributed by atoms with Gasteiger partial charge in [-0.15, -0.1) is 11.6 Å². The Morgan fingerprint density at radius 3 is 3.05 bits per heavy atom. The van der Waals surface area contributed by atoms with Gasteiger partial charge in [-0.3, -0.25) is 0 Å². The molecule has 1 atom stereocenters. The highest BCUT2D eigenvalue weighted by Crippen LogP contribution is 2.24. The van der Waals surface area contributed by atoms with Gasteiger partial charge in [-0.2, -0.15) is 0 Å². The van der Waals surface area contributed by atoms with Crippen LogP contribution in [-0.2, 0) is 17.2 Å². The van der Waals surface area contributed by atoms with E-state index in [9.17, 15) is 0 Å². The number of ether oxygens (including phenoxy) is 2. The number of aromatic nitrogens is 2. The second kappa shape index (κ2) is 6.02. The summed E-state index contributed by atoms with van der Waals surface area (Å²) in [5.41, 5.74) is 2.02. The Hall–Kier alpha value is -1.26. The maximum absolute atomic E-state index is 6.04. The molecule has 2 heterocycles. The predicted octanol–water partition coefficient (Wildman–Crippen LogP) is 3.35. The SMILES string of the molecule is COc1ccc2c(c1)nc(CCl)n2CC1CCCCO1. The van der Waals surface area contributed by atoms with E-state index in [1.54, 1.807) is 7.11 Å². The van der Waals surface area contributed by atoms with Gasteiger partial charge < -0.3 is 14.0 Å². The summed E-state index contributed by atoms with van der Waals surface area (Å²) < 4.78 is 13.3. The van der Waals surface area contributed by atoms with Crippen LogP contribution in [0.4, 0.5) is 0 Å². The molecule has 3 rings (SSSR count). The summed E-state index contributed by atoms with van der Waals surface area (Å²) in [6.07, 6.45) is 3.78. The van der Waals surface area contributed by atoms with Crippen molar-refractivity contribution in [3.63, 3.8) is 0 Å². The molecule has 1 fully saturated rings. The summed E-state index contributed by atoms with van der Waals surface area (Å²) in [6.45, 7) is 1.69. The van der Waals surface area contributed by atoms with E-state index < -0.39 is 0 Å². The molecule has 20 heavy (non-hydrogen) atoms. The van der Waals surface area contributed by atoms with Crippen LogP contribution in [0.5, 0.6) is 5.75 Å². The highest BCUT2D eigenvalue weighted by atomic mass is 35.5. The molecular weight excluding hydrogens is 276 g/mol. The minimum atomic E-state index is 0.269. The average Bonchev–Trinajstić information content (AvgIpc) is 2.85. The van der Waals surface area contributed by atoms with Gasteiger partial charge in [0.1, 0.15) is 11.6 Å². The third kappa shape index (κ3) is 2.63. The summed E-state index contributed by atoms with van der Waals surface area (Å²) in [5, 5.41) is 0. The van der Waals surface area contributed by atoms with Crippen molar-refractivity contribution in [2.45, 2.75) is 37.8 Å². The van der Waals surface area contributed by atoms with Crippen molar-refractivity contribution in [2.75, 3.05) is 13.7 Å². The Bertz CT molecular complexity index is 591. The van der Waals surface area contributed by atoms with Crippen LogP contribution in [0.15, 0.2) is 18.2 Å². The number of hydrogen-bond acceptors (Lipinski definition) is 3. The highest BCUT2D eigenvalue weighted by Gasteiger charge is 2.18. The van der Waals surface area contributed by atoms with Crippen molar-refractivity contribution >= 4 is 22.6 Å². The molecule has 0 bridgehead atoms. The van der Waals surface area contributed by atoms with E-state index in [-0.39, 0.29) is 6.10 Å². The third-order valence-electron chi connectivity index (χ3n) is 3.81. The molecule has 1 unspecified atom stereocenters. The van der Waals surface area contributed by atoms with Gasteiger partial charge in [0.15, 0.2) is 0 Å². The standard InChI is InChI=1S/C15H19ClN2O2/c1-19-11-5-6-14-13(8-11)17-15(9-16)18(14)10-12-4-2-3-7-20-12/h5-6,8,12H,2-4,7,9-10H2,1H3. The van der Waals surface area contributed by atoms with Crippen LogP contribution >= 0.6 is 11.6 Å². The first-order chi connectivity index (χ1) is 9.81. The molecular formula is C15H19ClN2O2. The van der Waals surface area contributed by atoms with Gasteiger partial charge in [0.05, 0.1) is 36.7 Å². The molecule has 108 valence electrons. The van der Waals surface area contributed by atoms with Gasteiger partial charge in [-0.25, -0.2) is 4.98 Å². The zero-order valence-electron chi connectivity index (χ0n) is 11.6. The molecule has 1 aromatic heterocycles. The first-order valence-corrected chi connectivity index (χ1v) is 7.56. The Morgan fingerprint density at radius 2 is 2.35 bits per heavy atom. The van der Waals surface area contributed by atoms with Gasteiger partial charge in [-0.1, -0.05) is 0 Å². The molecule has 4 nitrogen and oxygen atoms in total.